The molecule has 0 heterocycles. The van der Waals surface area contributed by atoms with E-state index in [4.69, 9.17) is 10.2 Å². The third-order valence-corrected chi connectivity index (χ3v) is 2.46. The Labute approximate surface area is 96.7 Å². The summed E-state index contributed by atoms with van der Waals surface area (Å²) >= 11 is 3.26. The number of phenols is 1. The van der Waals surface area contributed by atoms with Crippen LogP contribution in [0.5, 0.6) is 5.75 Å². The van der Waals surface area contributed by atoms with Crippen LogP contribution in [0.2, 0.25) is 0 Å². The van der Waals surface area contributed by atoms with Crippen molar-refractivity contribution in [2.75, 3.05) is 18.5 Å². The average molecular weight is 276 g/mol. The van der Waals surface area contributed by atoms with Crippen molar-refractivity contribution in [2.24, 2.45) is 0 Å². The van der Waals surface area contributed by atoms with Crippen molar-refractivity contribution in [2.45, 2.75) is 13.0 Å². The number of rotatable bonds is 4. The highest BCUT2D eigenvalue weighted by Crippen LogP contribution is 2.30. The lowest BCUT2D eigenvalue weighted by Gasteiger charge is -2.14. The van der Waals surface area contributed by atoms with Gasteiger partial charge in [0.15, 0.2) is 0 Å². The lowest BCUT2D eigenvalue weighted by atomic mass is 10.2. The zero-order valence-electron chi connectivity index (χ0n) is 8.37. The van der Waals surface area contributed by atoms with Crippen molar-refractivity contribution in [1.82, 2.24) is 0 Å². The average Bonchev–Trinajstić information content (AvgIpc) is 2.15. The molecule has 15 heavy (non-hydrogen) atoms. The number of halogens is 1. The third-order valence-electron chi connectivity index (χ3n) is 2.00. The van der Waals surface area contributed by atoms with Crippen LogP contribution in [-0.2, 0) is 0 Å². The molecule has 1 unspecified atom stereocenters. The largest absolute Gasteiger partial charge is 0.506 e. The predicted molar refractivity (Wildman–Crippen MR) is 62.1 cm³/mol. The Kier molecular flexibility index (Phi) is 4.38. The molecule has 0 aliphatic heterocycles. The van der Waals surface area contributed by atoms with E-state index >= 15 is 0 Å². The monoisotopic (exact) mass is 275 g/mol. The van der Waals surface area contributed by atoms with Crippen molar-refractivity contribution in [1.29, 1.82) is 0 Å². The standard InChI is InChI=1S/C10H14BrNO3/c1-6-2-7(11)3-9(15)10(6)12-4-8(14)5-13/h2-3,8,12-15H,4-5H2,1H3. The zero-order valence-corrected chi connectivity index (χ0v) is 9.95. The minimum atomic E-state index is -0.826. The van der Waals surface area contributed by atoms with Gasteiger partial charge in [-0.15, -0.1) is 0 Å². The fourth-order valence-electron chi connectivity index (χ4n) is 1.24. The van der Waals surface area contributed by atoms with Crippen molar-refractivity contribution in [3.8, 4) is 5.75 Å². The highest BCUT2D eigenvalue weighted by Gasteiger charge is 2.08. The van der Waals surface area contributed by atoms with Crippen molar-refractivity contribution in [3.63, 3.8) is 0 Å². The summed E-state index contributed by atoms with van der Waals surface area (Å²) in [5.41, 5.74) is 1.44. The maximum atomic E-state index is 9.62. The van der Waals surface area contributed by atoms with Crippen LogP contribution < -0.4 is 5.32 Å². The van der Waals surface area contributed by atoms with Gasteiger partial charge in [-0.25, -0.2) is 0 Å². The Morgan fingerprint density at radius 3 is 2.67 bits per heavy atom. The number of aliphatic hydroxyl groups excluding tert-OH is 2. The molecule has 0 fully saturated rings. The summed E-state index contributed by atoms with van der Waals surface area (Å²) in [6.45, 7) is 1.74. The number of aromatic hydroxyl groups is 1. The summed E-state index contributed by atoms with van der Waals surface area (Å²) in [5, 5.41) is 30.3. The van der Waals surface area contributed by atoms with E-state index in [1.807, 2.05) is 13.0 Å². The summed E-state index contributed by atoms with van der Waals surface area (Å²) in [4.78, 5) is 0. The smallest absolute Gasteiger partial charge is 0.140 e. The molecule has 0 saturated carbocycles. The molecule has 0 aliphatic carbocycles. The first kappa shape index (κ1) is 12.3. The summed E-state index contributed by atoms with van der Waals surface area (Å²) in [6, 6.07) is 3.42. The van der Waals surface area contributed by atoms with Crippen LogP contribution in [0.3, 0.4) is 0 Å². The Bertz CT molecular complexity index is 320. The molecule has 0 amide bonds. The number of anilines is 1. The molecule has 4 N–H and O–H groups in total. The quantitative estimate of drug-likeness (QED) is 0.624. The Morgan fingerprint density at radius 1 is 1.47 bits per heavy atom. The Balaban J connectivity index is 2.77. The second-order valence-electron chi connectivity index (χ2n) is 3.33. The highest BCUT2D eigenvalue weighted by atomic mass is 79.9. The van der Waals surface area contributed by atoms with Gasteiger partial charge < -0.3 is 20.6 Å². The predicted octanol–water partition coefficient (Wildman–Crippen LogP) is 1.23. The van der Waals surface area contributed by atoms with Gasteiger partial charge in [0.05, 0.1) is 18.4 Å². The lowest BCUT2D eigenvalue weighted by Crippen LogP contribution is -2.23. The summed E-state index contributed by atoms with van der Waals surface area (Å²) in [5.74, 6) is 0.118. The van der Waals surface area contributed by atoms with Crippen molar-refractivity contribution < 1.29 is 15.3 Å². The summed E-state index contributed by atoms with van der Waals surface area (Å²) in [7, 11) is 0. The van der Waals surface area contributed by atoms with Gasteiger partial charge >= 0.3 is 0 Å². The summed E-state index contributed by atoms with van der Waals surface area (Å²) in [6.07, 6.45) is -0.826. The van der Waals surface area contributed by atoms with Crippen molar-refractivity contribution in [3.05, 3.63) is 22.2 Å². The van der Waals surface area contributed by atoms with Crippen LogP contribution in [0.25, 0.3) is 0 Å². The molecule has 5 heteroatoms. The Hall–Kier alpha value is -0.780. The highest BCUT2D eigenvalue weighted by molar-refractivity contribution is 9.10. The van der Waals surface area contributed by atoms with E-state index < -0.39 is 6.10 Å². The van der Waals surface area contributed by atoms with Gasteiger partial charge in [0.2, 0.25) is 0 Å². The number of benzene rings is 1. The number of phenolic OH excluding ortho intramolecular Hbond substituents is 1. The number of hydrogen-bond donors (Lipinski definition) is 4. The van der Waals surface area contributed by atoms with Crippen LogP contribution in [0.1, 0.15) is 5.56 Å². The molecule has 0 bridgehead atoms. The molecular formula is C10H14BrNO3. The van der Waals surface area contributed by atoms with Gasteiger partial charge in [0, 0.05) is 11.0 Å². The fraction of sp³-hybridized carbons (Fsp3) is 0.400. The minimum absolute atomic E-state index is 0.118. The molecule has 84 valence electrons. The first-order valence-corrected chi connectivity index (χ1v) is 5.35. The molecule has 4 nitrogen and oxygen atoms in total. The maximum Gasteiger partial charge on any atom is 0.140 e. The Morgan fingerprint density at radius 2 is 2.13 bits per heavy atom. The SMILES string of the molecule is Cc1cc(Br)cc(O)c1NCC(O)CO. The molecule has 1 atom stereocenters. The van der Waals surface area contributed by atoms with Crippen LogP contribution in [-0.4, -0.2) is 34.6 Å². The number of aryl methyl sites for hydroxylation is 1. The maximum absolute atomic E-state index is 9.62. The van der Waals surface area contributed by atoms with E-state index in [0.717, 1.165) is 10.0 Å². The second kappa shape index (κ2) is 5.34. The molecule has 0 aliphatic rings. The first-order valence-electron chi connectivity index (χ1n) is 4.56. The van der Waals surface area contributed by atoms with Gasteiger partial charge in [-0.1, -0.05) is 15.9 Å². The van der Waals surface area contributed by atoms with E-state index in [0.29, 0.717) is 5.69 Å². The normalized spacial score (nSPS) is 12.5. The molecule has 0 radical (unpaired) electrons. The van der Waals surface area contributed by atoms with Gasteiger partial charge in [0.25, 0.3) is 0 Å². The fourth-order valence-corrected chi connectivity index (χ4v) is 1.80. The first-order chi connectivity index (χ1) is 7.04. The third kappa shape index (κ3) is 3.37. The van der Waals surface area contributed by atoms with E-state index in [-0.39, 0.29) is 18.9 Å². The molecule has 1 rings (SSSR count). The minimum Gasteiger partial charge on any atom is -0.506 e. The van der Waals surface area contributed by atoms with E-state index in [2.05, 4.69) is 21.2 Å². The second-order valence-corrected chi connectivity index (χ2v) is 4.25. The molecule has 1 aromatic carbocycles. The number of hydrogen-bond acceptors (Lipinski definition) is 4. The van der Waals surface area contributed by atoms with Crippen LogP contribution >= 0.6 is 15.9 Å². The van der Waals surface area contributed by atoms with Crippen molar-refractivity contribution >= 4 is 21.6 Å². The molecule has 1 aromatic rings. The van der Waals surface area contributed by atoms with Crippen LogP contribution in [0.15, 0.2) is 16.6 Å². The van der Waals surface area contributed by atoms with E-state index in [1.54, 1.807) is 6.07 Å². The van der Waals surface area contributed by atoms with Gasteiger partial charge in [-0.2, -0.15) is 0 Å². The van der Waals surface area contributed by atoms with Crippen LogP contribution in [0.4, 0.5) is 5.69 Å². The summed E-state index contributed by atoms with van der Waals surface area (Å²) < 4.78 is 0.797. The topological polar surface area (TPSA) is 72.7 Å². The van der Waals surface area contributed by atoms with Gasteiger partial charge in [-0.3, -0.25) is 0 Å². The number of aliphatic hydroxyl groups is 2. The molecule has 0 spiro atoms. The molecule has 0 saturated heterocycles. The van der Waals surface area contributed by atoms with E-state index in [9.17, 15) is 5.11 Å². The molecule has 0 aromatic heterocycles. The zero-order chi connectivity index (χ0) is 11.4. The van der Waals surface area contributed by atoms with Crippen LogP contribution in [0, 0.1) is 6.92 Å². The van der Waals surface area contributed by atoms with E-state index in [1.165, 1.54) is 0 Å². The molecular weight excluding hydrogens is 262 g/mol. The van der Waals surface area contributed by atoms with Gasteiger partial charge in [-0.05, 0) is 24.6 Å². The lowest BCUT2D eigenvalue weighted by molar-refractivity contribution is 0.105. The number of nitrogens with one attached hydrogen (secondary N) is 1. The van der Waals surface area contributed by atoms with Gasteiger partial charge in [0.1, 0.15) is 5.75 Å².